The van der Waals surface area contributed by atoms with Gasteiger partial charge >= 0.3 is 0 Å². The lowest BCUT2D eigenvalue weighted by Gasteiger charge is -2.23. The first-order chi connectivity index (χ1) is 16.5. The summed E-state index contributed by atoms with van der Waals surface area (Å²) >= 11 is 5.94. The Bertz CT molecular complexity index is 1290. The lowest BCUT2D eigenvalue weighted by molar-refractivity contribution is -0.121. The van der Waals surface area contributed by atoms with Gasteiger partial charge in [-0.15, -0.1) is 0 Å². The molecule has 0 aliphatic rings. The highest BCUT2D eigenvalue weighted by atomic mass is 35.5. The van der Waals surface area contributed by atoms with Crippen molar-refractivity contribution in [3.05, 3.63) is 95.3 Å². The van der Waals surface area contributed by atoms with E-state index in [2.05, 4.69) is 5.32 Å². The summed E-state index contributed by atoms with van der Waals surface area (Å²) in [4.78, 5) is 32.6. The van der Waals surface area contributed by atoms with Gasteiger partial charge in [0, 0.05) is 17.3 Å². The number of nitrogens with one attached hydrogen (secondary N) is 1. The SMILES string of the molecule is CCN(C(=O)Cn1c(C(C)NC(=O)Cc2ccc(Cl)cc2)nc2ccccc21)c1ccccc1. The highest BCUT2D eigenvalue weighted by Crippen LogP contribution is 2.22. The van der Waals surface area contributed by atoms with Crippen LogP contribution in [0.2, 0.25) is 5.02 Å². The molecule has 6 nitrogen and oxygen atoms in total. The van der Waals surface area contributed by atoms with Gasteiger partial charge < -0.3 is 14.8 Å². The van der Waals surface area contributed by atoms with Crippen LogP contribution in [-0.4, -0.2) is 27.9 Å². The van der Waals surface area contributed by atoms with Crippen molar-refractivity contribution < 1.29 is 9.59 Å². The third-order valence-corrected chi connectivity index (χ3v) is 5.96. The fourth-order valence-electron chi connectivity index (χ4n) is 4.07. The number of carbonyl (C=O) groups is 2. The van der Waals surface area contributed by atoms with Crippen LogP contribution >= 0.6 is 11.6 Å². The largest absolute Gasteiger partial charge is 0.346 e. The van der Waals surface area contributed by atoms with Gasteiger partial charge in [-0.3, -0.25) is 9.59 Å². The molecule has 0 aliphatic heterocycles. The number of hydrogen-bond donors (Lipinski definition) is 1. The molecule has 0 saturated carbocycles. The van der Waals surface area contributed by atoms with Crippen LogP contribution < -0.4 is 10.2 Å². The van der Waals surface area contributed by atoms with E-state index in [-0.39, 0.29) is 30.8 Å². The number of halogens is 1. The van der Waals surface area contributed by atoms with Crippen LogP contribution in [0.4, 0.5) is 5.69 Å². The van der Waals surface area contributed by atoms with Crippen LogP contribution in [0.15, 0.2) is 78.9 Å². The number of fused-ring (bicyclic) bond motifs is 1. The molecule has 0 fully saturated rings. The molecule has 0 spiro atoms. The molecule has 34 heavy (non-hydrogen) atoms. The maximum atomic E-state index is 13.3. The average Bonchev–Trinajstić information content (AvgIpc) is 3.20. The van der Waals surface area contributed by atoms with Crippen LogP contribution in [0, 0.1) is 0 Å². The van der Waals surface area contributed by atoms with Crippen LogP contribution in [0.3, 0.4) is 0 Å². The second kappa shape index (κ2) is 10.5. The summed E-state index contributed by atoms with van der Waals surface area (Å²) in [5.74, 6) is 0.472. The Morgan fingerprint density at radius 1 is 1.00 bits per heavy atom. The van der Waals surface area contributed by atoms with Crippen LogP contribution in [-0.2, 0) is 22.6 Å². The third kappa shape index (κ3) is 5.29. The number of benzene rings is 3. The van der Waals surface area contributed by atoms with E-state index < -0.39 is 0 Å². The fourth-order valence-corrected chi connectivity index (χ4v) is 4.19. The number of nitrogens with zero attached hydrogens (tertiary/aromatic N) is 3. The molecule has 4 rings (SSSR count). The molecular weight excluding hydrogens is 448 g/mol. The number of likely N-dealkylation sites (N-methyl/N-ethyl adjacent to an activating group) is 1. The summed E-state index contributed by atoms with van der Waals surface area (Å²) in [5, 5.41) is 3.66. The van der Waals surface area contributed by atoms with Gasteiger partial charge in [0.1, 0.15) is 12.4 Å². The zero-order valence-corrected chi connectivity index (χ0v) is 20.0. The molecule has 0 bridgehead atoms. The monoisotopic (exact) mass is 474 g/mol. The first kappa shape index (κ1) is 23.5. The lowest BCUT2D eigenvalue weighted by Crippen LogP contribution is -2.35. The number of aromatic nitrogens is 2. The summed E-state index contributed by atoms with van der Waals surface area (Å²) in [6, 6.07) is 24.1. The quantitative estimate of drug-likeness (QED) is 0.383. The number of imidazole rings is 1. The number of carbonyl (C=O) groups excluding carboxylic acids is 2. The number of para-hydroxylation sites is 3. The minimum atomic E-state index is -0.383. The Morgan fingerprint density at radius 3 is 2.38 bits per heavy atom. The van der Waals surface area contributed by atoms with Crippen molar-refractivity contribution in [1.29, 1.82) is 0 Å². The van der Waals surface area contributed by atoms with Gasteiger partial charge in [0.05, 0.1) is 23.5 Å². The molecule has 0 radical (unpaired) electrons. The number of hydrogen-bond acceptors (Lipinski definition) is 3. The Kier molecular flexibility index (Phi) is 7.28. The van der Waals surface area contributed by atoms with Crippen LogP contribution in [0.5, 0.6) is 0 Å². The van der Waals surface area contributed by atoms with Crippen molar-refractivity contribution in [3.8, 4) is 0 Å². The van der Waals surface area contributed by atoms with Gasteiger partial charge in [0.15, 0.2) is 0 Å². The van der Waals surface area contributed by atoms with Gasteiger partial charge in [0.25, 0.3) is 0 Å². The zero-order valence-electron chi connectivity index (χ0n) is 19.2. The van der Waals surface area contributed by atoms with Crippen LogP contribution in [0.1, 0.15) is 31.3 Å². The van der Waals surface area contributed by atoms with Crippen molar-refractivity contribution >= 4 is 40.1 Å². The second-order valence-electron chi connectivity index (χ2n) is 8.11. The molecular formula is C27H27ClN4O2. The topological polar surface area (TPSA) is 67.2 Å². The maximum Gasteiger partial charge on any atom is 0.246 e. The van der Waals surface area contributed by atoms with Crippen molar-refractivity contribution in [2.45, 2.75) is 32.9 Å². The molecule has 1 heterocycles. The molecule has 0 saturated heterocycles. The second-order valence-corrected chi connectivity index (χ2v) is 8.55. The lowest BCUT2D eigenvalue weighted by atomic mass is 10.1. The third-order valence-electron chi connectivity index (χ3n) is 5.71. The first-order valence-corrected chi connectivity index (χ1v) is 11.7. The number of rotatable bonds is 8. The molecule has 2 amide bonds. The minimum Gasteiger partial charge on any atom is -0.346 e. The summed E-state index contributed by atoms with van der Waals surface area (Å²) in [6.07, 6.45) is 0.234. The van der Waals surface area contributed by atoms with Crippen LogP contribution in [0.25, 0.3) is 11.0 Å². The molecule has 7 heteroatoms. The van der Waals surface area contributed by atoms with Gasteiger partial charge in [-0.1, -0.05) is 54.1 Å². The van der Waals surface area contributed by atoms with Crippen molar-refractivity contribution in [2.24, 2.45) is 0 Å². The predicted octanol–water partition coefficient (Wildman–Crippen LogP) is 5.16. The normalized spacial score (nSPS) is 11.9. The predicted molar refractivity (Wildman–Crippen MR) is 136 cm³/mol. The molecule has 1 N–H and O–H groups in total. The molecule has 0 aliphatic carbocycles. The summed E-state index contributed by atoms with van der Waals surface area (Å²) in [5.41, 5.74) is 3.37. The Balaban J connectivity index is 1.57. The zero-order chi connectivity index (χ0) is 24.1. The number of amides is 2. The van der Waals surface area contributed by atoms with E-state index in [9.17, 15) is 9.59 Å². The summed E-state index contributed by atoms with van der Waals surface area (Å²) in [7, 11) is 0. The van der Waals surface area contributed by atoms with Gasteiger partial charge in [-0.2, -0.15) is 0 Å². The summed E-state index contributed by atoms with van der Waals surface area (Å²) in [6.45, 7) is 4.52. The van der Waals surface area contributed by atoms with E-state index in [0.717, 1.165) is 22.3 Å². The molecule has 1 atom stereocenters. The van der Waals surface area contributed by atoms with Crippen molar-refractivity contribution in [1.82, 2.24) is 14.9 Å². The summed E-state index contributed by atoms with van der Waals surface area (Å²) < 4.78 is 1.90. The van der Waals surface area contributed by atoms with Crippen molar-refractivity contribution in [2.75, 3.05) is 11.4 Å². The van der Waals surface area contributed by atoms with E-state index in [4.69, 9.17) is 16.6 Å². The molecule has 1 aromatic heterocycles. The van der Waals surface area contributed by atoms with Gasteiger partial charge in [-0.05, 0) is 55.8 Å². The van der Waals surface area contributed by atoms with Gasteiger partial charge in [-0.25, -0.2) is 4.98 Å². The van der Waals surface area contributed by atoms with E-state index >= 15 is 0 Å². The van der Waals surface area contributed by atoms with E-state index in [0.29, 0.717) is 17.4 Å². The maximum absolute atomic E-state index is 13.3. The highest BCUT2D eigenvalue weighted by molar-refractivity contribution is 6.30. The Morgan fingerprint density at radius 2 is 1.68 bits per heavy atom. The Labute approximate surface area is 204 Å². The van der Waals surface area contributed by atoms with E-state index in [1.165, 1.54) is 0 Å². The minimum absolute atomic E-state index is 0.0437. The molecule has 174 valence electrons. The fraction of sp³-hybridized carbons (Fsp3) is 0.222. The standard InChI is InChI=1S/C27H27ClN4O2/c1-3-31(22-9-5-4-6-10-22)26(34)18-32-24-12-8-7-11-23(24)30-27(32)19(2)29-25(33)17-20-13-15-21(28)16-14-20/h4-16,19H,3,17-18H2,1-2H3,(H,29,33). The smallest absolute Gasteiger partial charge is 0.246 e. The molecule has 1 unspecified atom stereocenters. The van der Waals surface area contributed by atoms with Gasteiger partial charge in [0.2, 0.25) is 11.8 Å². The number of anilines is 1. The van der Waals surface area contributed by atoms with E-state index in [1.807, 2.05) is 85.1 Å². The molecule has 4 aromatic rings. The average molecular weight is 475 g/mol. The molecule has 3 aromatic carbocycles. The first-order valence-electron chi connectivity index (χ1n) is 11.3. The highest BCUT2D eigenvalue weighted by Gasteiger charge is 2.22. The van der Waals surface area contributed by atoms with Crippen molar-refractivity contribution in [3.63, 3.8) is 0 Å². The van der Waals surface area contributed by atoms with E-state index in [1.54, 1.807) is 17.0 Å². The Hall–Kier alpha value is -3.64.